The Morgan fingerprint density at radius 1 is 1.53 bits per heavy atom. The van der Waals surface area contributed by atoms with Gasteiger partial charge in [0.25, 0.3) is 0 Å². The Kier molecular flexibility index (Phi) is 2.84. The highest BCUT2D eigenvalue weighted by Gasteiger charge is 2.27. The molecule has 15 heavy (non-hydrogen) atoms. The molecule has 1 atom stereocenters. The van der Waals surface area contributed by atoms with Gasteiger partial charge in [0.15, 0.2) is 9.84 Å². The molecule has 0 saturated carbocycles. The van der Waals surface area contributed by atoms with Crippen LogP contribution in [-0.2, 0) is 16.4 Å². The Morgan fingerprint density at radius 3 is 2.87 bits per heavy atom. The molecule has 0 bridgehead atoms. The van der Waals surface area contributed by atoms with E-state index >= 15 is 0 Å². The molecule has 1 N–H and O–H groups in total. The van der Waals surface area contributed by atoms with E-state index in [4.69, 9.17) is 4.42 Å². The van der Waals surface area contributed by atoms with Crippen LogP contribution in [-0.4, -0.2) is 26.0 Å². The van der Waals surface area contributed by atoms with Gasteiger partial charge in [0.2, 0.25) is 0 Å². The zero-order chi connectivity index (χ0) is 10.9. The predicted octanol–water partition coefficient (Wildman–Crippen LogP) is 0.865. The van der Waals surface area contributed by atoms with Crippen LogP contribution in [0.15, 0.2) is 16.5 Å². The van der Waals surface area contributed by atoms with Gasteiger partial charge in [-0.15, -0.1) is 0 Å². The monoisotopic (exact) mass is 229 g/mol. The van der Waals surface area contributed by atoms with Crippen molar-refractivity contribution >= 4 is 9.84 Å². The molecule has 1 aromatic rings. The molecule has 5 heteroatoms. The molecule has 0 aromatic carbocycles. The lowest BCUT2D eigenvalue weighted by Gasteiger charge is -2.08. The van der Waals surface area contributed by atoms with Gasteiger partial charge in [-0.2, -0.15) is 0 Å². The van der Waals surface area contributed by atoms with Crippen molar-refractivity contribution in [2.24, 2.45) is 0 Å². The standard InChI is InChI=1S/C10H15NO3S/c1-8-2-3-10(14-8)6-11-9-4-5-15(12,13)7-9/h2-3,9,11H,4-7H2,1H3/t9-/m1/s1. The summed E-state index contributed by atoms with van der Waals surface area (Å²) < 4.78 is 27.8. The van der Waals surface area contributed by atoms with Crippen LogP contribution < -0.4 is 5.32 Å². The molecule has 1 fully saturated rings. The average Bonchev–Trinajstić information content (AvgIpc) is 2.69. The van der Waals surface area contributed by atoms with Crippen molar-refractivity contribution in [1.82, 2.24) is 5.32 Å². The van der Waals surface area contributed by atoms with Gasteiger partial charge in [-0.25, -0.2) is 8.42 Å². The number of rotatable bonds is 3. The molecule has 2 rings (SSSR count). The summed E-state index contributed by atoms with van der Waals surface area (Å²) in [6.45, 7) is 2.50. The maximum Gasteiger partial charge on any atom is 0.151 e. The molecule has 0 unspecified atom stereocenters. The van der Waals surface area contributed by atoms with Crippen LogP contribution >= 0.6 is 0 Å². The van der Waals surface area contributed by atoms with Crippen LogP contribution in [0.2, 0.25) is 0 Å². The molecule has 0 spiro atoms. The normalized spacial score (nSPS) is 24.5. The first-order valence-corrected chi connectivity index (χ1v) is 6.86. The van der Waals surface area contributed by atoms with Crippen LogP contribution in [0, 0.1) is 6.92 Å². The second-order valence-corrected chi connectivity index (χ2v) is 6.22. The number of aryl methyl sites for hydroxylation is 1. The first kappa shape index (κ1) is 10.7. The molecule has 1 aliphatic rings. The van der Waals surface area contributed by atoms with Gasteiger partial charge in [-0.1, -0.05) is 0 Å². The fraction of sp³-hybridized carbons (Fsp3) is 0.600. The first-order chi connectivity index (χ1) is 7.05. The summed E-state index contributed by atoms with van der Waals surface area (Å²) in [6, 6.07) is 3.90. The van der Waals surface area contributed by atoms with E-state index in [1.807, 2.05) is 19.1 Å². The molecule has 0 amide bonds. The van der Waals surface area contributed by atoms with Gasteiger partial charge in [0.1, 0.15) is 11.5 Å². The summed E-state index contributed by atoms with van der Waals surface area (Å²) in [5.41, 5.74) is 0. The lowest BCUT2D eigenvalue weighted by Crippen LogP contribution is -2.29. The minimum Gasteiger partial charge on any atom is -0.465 e. The van der Waals surface area contributed by atoms with Gasteiger partial charge in [-0.3, -0.25) is 0 Å². The lowest BCUT2D eigenvalue weighted by atomic mass is 10.2. The summed E-state index contributed by atoms with van der Waals surface area (Å²) in [6.07, 6.45) is 0.710. The highest BCUT2D eigenvalue weighted by Crippen LogP contribution is 2.12. The second kappa shape index (κ2) is 3.98. The lowest BCUT2D eigenvalue weighted by molar-refractivity contribution is 0.442. The van der Waals surface area contributed by atoms with Gasteiger partial charge in [0.05, 0.1) is 18.1 Å². The van der Waals surface area contributed by atoms with E-state index in [0.29, 0.717) is 18.7 Å². The summed E-state index contributed by atoms with van der Waals surface area (Å²) in [5, 5.41) is 3.19. The molecule has 0 aliphatic carbocycles. The minimum absolute atomic E-state index is 0.0837. The van der Waals surface area contributed by atoms with E-state index < -0.39 is 9.84 Å². The smallest absolute Gasteiger partial charge is 0.151 e. The number of sulfone groups is 1. The van der Waals surface area contributed by atoms with Crippen LogP contribution in [0.1, 0.15) is 17.9 Å². The number of hydrogen-bond acceptors (Lipinski definition) is 4. The molecule has 0 radical (unpaired) electrons. The van der Waals surface area contributed by atoms with E-state index in [1.165, 1.54) is 0 Å². The Labute approximate surface area is 89.6 Å². The molecule has 1 aliphatic heterocycles. The second-order valence-electron chi connectivity index (χ2n) is 3.99. The molecular formula is C10H15NO3S. The zero-order valence-electron chi connectivity index (χ0n) is 8.69. The molecule has 1 aromatic heterocycles. The number of nitrogens with one attached hydrogen (secondary N) is 1. The maximum atomic E-state index is 11.2. The fourth-order valence-electron chi connectivity index (χ4n) is 1.78. The van der Waals surface area contributed by atoms with Crippen LogP contribution in [0.25, 0.3) is 0 Å². The zero-order valence-corrected chi connectivity index (χ0v) is 9.51. The third-order valence-corrected chi connectivity index (χ3v) is 4.36. The first-order valence-electron chi connectivity index (χ1n) is 5.04. The van der Waals surface area contributed by atoms with Crippen LogP contribution in [0.5, 0.6) is 0 Å². The highest BCUT2D eigenvalue weighted by atomic mass is 32.2. The molecule has 4 nitrogen and oxygen atoms in total. The summed E-state index contributed by atoms with van der Waals surface area (Å²) >= 11 is 0. The average molecular weight is 229 g/mol. The summed E-state index contributed by atoms with van der Waals surface area (Å²) in [7, 11) is -2.79. The van der Waals surface area contributed by atoms with Gasteiger partial charge in [-0.05, 0) is 25.5 Å². The number of hydrogen-bond donors (Lipinski definition) is 1. The van der Waals surface area contributed by atoms with Crippen molar-refractivity contribution < 1.29 is 12.8 Å². The van der Waals surface area contributed by atoms with Crippen molar-refractivity contribution in [2.75, 3.05) is 11.5 Å². The van der Waals surface area contributed by atoms with E-state index in [2.05, 4.69) is 5.32 Å². The Balaban J connectivity index is 1.85. The third kappa shape index (κ3) is 2.82. The van der Waals surface area contributed by atoms with E-state index in [9.17, 15) is 8.42 Å². The Bertz CT molecular complexity index is 435. The fourth-order valence-corrected chi connectivity index (χ4v) is 3.49. The SMILES string of the molecule is Cc1ccc(CN[C@@H]2CCS(=O)(=O)C2)o1. The maximum absolute atomic E-state index is 11.2. The van der Waals surface area contributed by atoms with Gasteiger partial charge in [0, 0.05) is 6.04 Å². The van der Waals surface area contributed by atoms with Crippen molar-refractivity contribution in [3.05, 3.63) is 23.7 Å². The Hall–Kier alpha value is -0.810. The summed E-state index contributed by atoms with van der Waals surface area (Å²) in [4.78, 5) is 0. The predicted molar refractivity (Wildman–Crippen MR) is 57.3 cm³/mol. The molecule has 1 saturated heterocycles. The molecule has 2 heterocycles. The van der Waals surface area contributed by atoms with Crippen molar-refractivity contribution in [1.29, 1.82) is 0 Å². The Morgan fingerprint density at radius 2 is 2.33 bits per heavy atom. The summed E-state index contributed by atoms with van der Waals surface area (Å²) in [5.74, 6) is 2.30. The van der Waals surface area contributed by atoms with Crippen molar-refractivity contribution in [3.63, 3.8) is 0 Å². The van der Waals surface area contributed by atoms with E-state index in [0.717, 1.165) is 11.5 Å². The highest BCUT2D eigenvalue weighted by molar-refractivity contribution is 7.91. The largest absolute Gasteiger partial charge is 0.465 e. The number of furan rings is 1. The van der Waals surface area contributed by atoms with Gasteiger partial charge < -0.3 is 9.73 Å². The molecular weight excluding hydrogens is 214 g/mol. The van der Waals surface area contributed by atoms with Crippen molar-refractivity contribution in [2.45, 2.75) is 25.9 Å². The third-order valence-electron chi connectivity index (χ3n) is 2.59. The minimum atomic E-state index is -2.79. The van der Waals surface area contributed by atoms with E-state index in [1.54, 1.807) is 0 Å². The quantitative estimate of drug-likeness (QED) is 0.835. The molecule has 84 valence electrons. The van der Waals surface area contributed by atoms with E-state index in [-0.39, 0.29) is 11.8 Å². The van der Waals surface area contributed by atoms with Crippen LogP contribution in [0.3, 0.4) is 0 Å². The van der Waals surface area contributed by atoms with Gasteiger partial charge >= 0.3 is 0 Å². The van der Waals surface area contributed by atoms with Crippen molar-refractivity contribution in [3.8, 4) is 0 Å². The van der Waals surface area contributed by atoms with Crippen LogP contribution in [0.4, 0.5) is 0 Å². The topological polar surface area (TPSA) is 59.3 Å².